The van der Waals surface area contributed by atoms with Crippen molar-refractivity contribution in [1.82, 2.24) is 4.90 Å². The SMILES string of the molecule is CCSCc1cc2ccc(OC(=O)N(C)C)cc2oc1=O. The van der Waals surface area contributed by atoms with Crippen molar-refractivity contribution in [2.45, 2.75) is 12.7 Å². The molecule has 0 aliphatic heterocycles. The van der Waals surface area contributed by atoms with Crippen LogP contribution < -0.4 is 10.4 Å². The van der Waals surface area contributed by atoms with E-state index in [2.05, 4.69) is 0 Å². The second-order valence-corrected chi connectivity index (χ2v) is 5.93. The summed E-state index contributed by atoms with van der Waals surface area (Å²) in [4.78, 5) is 24.7. The molecule has 2 rings (SSSR count). The van der Waals surface area contributed by atoms with Gasteiger partial charge in [-0.15, -0.1) is 0 Å². The van der Waals surface area contributed by atoms with Gasteiger partial charge in [0.1, 0.15) is 11.3 Å². The van der Waals surface area contributed by atoms with Gasteiger partial charge in [0.25, 0.3) is 0 Å². The lowest BCUT2D eigenvalue weighted by atomic mass is 10.2. The zero-order valence-electron chi connectivity index (χ0n) is 12.2. The van der Waals surface area contributed by atoms with Crippen LogP contribution in [0.3, 0.4) is 0 Å². The summed E-state index contributed by atoms with van der Waals surface area (Å²) in [5, 5.41) is 0.811. The third kappa shape index (κ3) is 3.78. The predicted octanol–water partition coefficient (Wildman–Crippen LogP) is 3.11. The summed E-state index contributed by atoms with van der Waals surface area (Å²) in [6.45, 7) is 2.04. The van der Waals surface area contributed by atoms with Crippen LogP contribution in [0.15, 0.2) is 33.5 Å². The first kappa shape index (κ1) is 15.4. The average molecular weight is 307 g/mol. The number of ether oxygens (including phenoxy) is 1. The number of carbonyl (C=O) groups is 1. The van der Waals surface area contributed by atoms with Gasteiger partial charge in [0.2, 0.25) is 0 Å². The van der Waals surface area contributed by atoms with Crippen molar-refractivity contribution in [2.75, 3.05) is 19.8 Å². The van der Waals surface area contributed by atoms with Gasteiger partial charge in [0.05, 0.1) is 0 Å². The number of benzene rings is 1. The van der Waals surface area contributed by atoms with Crippen molar-refractivity contribution in [3.05, 3.63) is 40.2 Å². The first-order chi connectivity index (χ1) is 10.0. The molecule has 0 unspecified atom stereocenters. The minimum absolute atomic E-state index is 0.347. The van der Waals surface area contributed by atoms with Crippen LogP contribution in [0.1, 0.15) is 12.5 Å². The second-order valence-electron chi connectivity index (χ2n) is 4.66. The lowest BCUT2D eigenvalue weighted by Crippen LogP contribution is -2.25. The molecular formula is C15H17NO4S. The summed E-state index contributed by atoms with van der Waals surface area (Å²) in [5.41, 5.74) is 0.709. The van der Waals surface area contributed by atoms with Crippen molar-refractivity contribution < 1.29 is 13.9 Å². The quantitative estimate of drug-likeness (QED) is 0.812. The largest absolute Gasteiger partial charge is 0.422 e. The van der Waals surface area contributed by atoms with Gasteiger partial charge in [0.15, 0.2) is 0 Å². The minimum Gasteiger partial charge on any atom is -0.422 e. The highest BCUT2D eigenvalue weighted by Crippen LogP contribution is 2.22. The van der Waals surface area contributed by atoms with Gasteiger partial charge >= 0.3 is 11.7 Å². The summed E-state index contributed by atoms with van der Waals surface area (Å²) in [6, 6.07) is 6.83. The fourth-order valence-electron chi connectivity index (χ4n) is 1.70. The molecule has 0 aliphatic carbocycles. The monoisotopic (exact) mass is 307 g/mol. The van der Waals surface area contributed by atoms with Crippen molar-refractivity contribution in [3.8, 4) is 5.75 Å². The maximum Gasteiger partial charge on any atom is 0.414 e. The Bertz CT molecular complexity index is 708. The molecule has 1 heterocycles. The van der Waals surface area contributed by atoms with Crippen LogP contribution in [0.5, 0.6) is 5.75 Å². The molecule has 2 aromatic rings. The van der Waals surface area contributed by atoms with Crippen molar-refractivity contribution in [3.63, 3.8) is 0 Å². The van der Waals surface area contributed by atoms with Gasteiger partial charge in [-0.25, -0.2) is 9.59 Å². The van der Waals surface area contributed by atoms with Crippen molar-refractivity contribution >= 4 is 28.8 Å². The second kappa shape index (κ2) is 6.67. The maximum atomic E-state index is 11.9. The Morgan fingerprint density at radius 3 is 2.76 bits per heavy atom. The molecule has 0 saturated heterocycles. The normalized spacial score (nSPS) is 10.6. The topological polar surface area (TPSA) is 59.8 Å². The molecule has 1 aromatic carbocycles. The number of hydrogen-bond donors (Lipinski definition) is 0. The number of carbonyl (C=O) groups excluding carboxylic acids is 1. The Hall–Kier alpha value is -1.95. The summed E-state index contributed by atoms with van der Waals surface area (Å²) in [7, 11) is 3.20. The summed E-state index contributed by atoms with van der Waals surface area (Å²) in [5.74, 6) is 1.92. The van der Waals surface area contributed by atoms with E-state index in [1.165, 1.54) is 4.90 Å². The Labute approximate surface area is 126 Å². The predicted molar refractivity (Wildman–Crippen MR) is 84.0 cm³/mol. The van der Waals surface area contributed by atoms with Gasteiger partial charge in [-0.3, -0.25) is 0 Å². The molecular weight excluding hydrogens is 290 g/mol. The molecule has 5 nitrogen and oxygen atoms in total. The Morgan fingerprint density at radius 2 is 2.10 bits per heavy atom. The fourth-order valence-corrected chi connectivity index (χ4v) is 2.33. The molecule has 0 fully saturated rings. The molecule has 0 bridgehead atoms. The van der Waals surface area contributed by atoms with E-state index in [0.29, 0.717) is 22.6 Å². The highest BCUT2D eigenvalue weighted by Gasteiger charge is 2.10. The number of thioether (sulfide) groups is 1. The maximum absolute atomic E-state index is 11.9. The van der Waals surface area contributed by atoms with E-state index in [1.807, 2.05) is 13.0 Å². The van der Waals surface area contributed by atoms with E-state index in [4.69, 9.17) is 9.15 Å². The van der Waals surface area contributed by atoms with Gasteiger partial charge < -0.3 is 14.1 Å². The molecule has 1 amide bonds. The van der Waals surface area contributed by atoms with Crippen molar-refractivity contribution in [2.24, 2.45) is 0 Å². The third-order valence-corrected chi connectivity index (χ3v) is 3.73. The zero-order valence-corrected chi connectivity index (χ0v) is 13.0. The van der Waals surface area contributed by atoms with Gasteiger partial charge in [-0.2, -0.15) is 11.8 Å². The van der Waals surface area contributed by atoms with Crippen LogP contribution in [0.2, 0.25) is 0 Å². The lowest BCUT2D eigenvalue weighted by molar-refractivity contribution is 0.172. The molecule has 0 aliphatic rings. The Balaban J connectivity index is 2.32. The number of hydrogen-bond acceptors (Lipinski definition) is 5. The summed E-state index contributed by atoms with van der Waals surface area (Å²) in [6.07, 6.45) is -0.479. The molecule has 112 valence electrons. The van der Waals surface area contributed by atoms with E-state index in [1.54, 1.807) is 44.1 Å². The number of fused-ring (bicyclic) bond motifs is 1. The Morgan fingerprint density at radius 1 is 1.33 bits per heavy atom. The van der Waals surface area contributed by atoms with Crippen LogP contribution in [0.25, 0.3) is 11.0 Å². The average Bonchev–Trinajstić information content (AvgIpc) is 2.45. The number of rotatable bonds is 4. The van der Waals surface area contributed by atoms with E-state index in [-0.39, 0.29) is 5.63 Å². The van der Waals surface area contributed by atoms with E-state index in [0.717, 1.165) is 11.1 Å². The van der Waals surface area contributed by atoms with Crippen LogP contribution >= 0.6 is 11.8 Å². The molecule has 0 radical (unpaired) electrons. The standard InChI is InChI=1S/C15H17NO4S/c1-4-21-9-11-7-10-5-6-12(19-15(18)16(2)3)8-13(10)20-14(11)17/h5-8H,4,9H2,1-3H3. The fraction of sp³-hybridized carbons (Fsp3) is 0.333. The van der Waals surface area contributed by atoms with Crippen LogP contribution in [0, 0.1) is 0 Å². The minimum atomic E-state index is -0.479. The molecule has 0 atom stereocenters. The van der Waals surface area contributed by atoms with Crippen LogP contribution in [-0.2, 0) is 5.75 Å². The highest BCUT2D eigenvalue weighted by molar-refractivity contribution is 7.98. The molecule has 0 spiro atoms. The molecule has 0 saturated carbocycles. The first-order valence-electron chi connectivity index (χ1n) is 6.55. The lowest BCUT2D eigenvalue weighted by Gasteiger charge is -2.10. The molecule has 21 heavy (non-hydrogen) atoms. The molecule has 1 aromatic heterocycles. The van der Waals surface area contributed by atoms with Crippen LogP contribution in [-0.4, -0.2) is 30.8 Å². The number of amides is 1. The molecule has 6 heteroatoms. The zero-order chi connectivity index (χ0) is 15.4. The summed E-state index contributed by atoms with van der Waals surface area (Å²) < 4.78 is 10.4. The van der Waals surface area contributed by atoms with Gasteiger partial charge in [-0.05, 0) is 24.0 Å². The third-order valence-electron chi connectivity index (χ3n) is 2.81. The van der Waals surface area contributed by atoms with Gasteiger partial charge in [-0.1, -0.05) is 6.92 Å². The smallest absolute Gasteiger partial charge is 0.414 e. The first-order valence-corrected chi connectivity index (χ1v) is 7.70. The van der Waals surface area contributed by atoms with Gasteiger partial charge in [0, 0.05) is 36.9 Å². The molecule has 0 N–H and O–H groups in total. The van der Waals surface area contributed by atoms with Crippen molar-refractivity contribution in [1.29, 1.82) is 0 Å². The van der Waals surface area contributed by atoms with E-state index >= 15 is 0 Å². The highest BCUT2D eigenvalue weighted by atomic mass is 32.2. The number of nitrogens with zero attached hydrogens (tertiary/aromatic N) is 1. The van der Waals surface area contributed by atoms with Crippen LogP contribution in [0.4, 0.5) is 4.79 Å². The summed E-state index contributed by atoms with van der Waals surface area (Å²) >= 11 is 1.66. The Kier molecular flexibility index (Phi) is 4.90. The van der Waals surface area contributed by atoms with E-state index < -0.39 is 6.09 Å². The van der Waals surface area contributed by atoms with E-state index in [9.17, 15) is 9.59 Å².